The standard InChI is InChI=1S/C24H28N4OS/c1-16-9-10-19(15-18(16)3)21-22(30-4)27-24(26-21)11-13-28(14-12-24)23(29)25-20-8-6-5-7-17(20)2/h5-10,15H,11-14H2,1-4H3,(H,25,29). The smallest absolute Gasteiger partial charge is 0.321 e. The molecule has 2 amide bonds. The van der Waals surface area contributed by atoms with Gasteiger partial charge in [0.05, 0.1) is 5.71 Å². The highest BCUT2D eigenvalue weighted by atomic mass is 32.2. The molecule has 0 atom stereocenters. The molecule has 4 rings (SSSR count). The van der Waals surface area contributed by atoms with Gasteiger partial charge in [-0.25, -0.2) is 9.79 Å². The van der Waals surface area contributed by atoms with Crippen LogP contribution in [0.5, 0.6) is 0 Å². The summed E-state index contributed by atoms with van der Waals surface area (Å²) in [6.45, 7) is 7.55. The van der Waals surface area contributed by atoms with E-state index in [1.807, 2.05) is 36.1 Å². The van der Waals surface area contributed by atoms with Crippen molar-refractivity contribution in [1.29, 1.82) is 0 Å². The molecule has 2 aliphatic rings. The van der Waals surface area contributed by atoms with Gasteiger partial charge >= 0.3 is 6.03 Å². The number of amides is 2. The monoisotopic (exact) mass is 420 g/mol. The Kier molecular flexibility index (Phi) is 5.69. The molecule has 1 spiro atoms. The Morgan fingerprint density at radius 2 is 1.73 bits per heavy atom. The molecule has 0 saturated carbocycles. The molecule has 30 heavy (non-hydrogen) atoms. The number of para-hydroxylation sites is 1. The van der Waals surface area contributed by atoms with Crippen molar-refractivity contribution in [3.8, 4) is 0 Å². The predicted octanol–water partition coefficient (Wildman–Crippen LogP) is 5.20. The summed E-state index contributed by atoms with van der Waals surface area (Å²) in [5, 5.41) is 4.03. The Morgan fingerprint density at radius 3 is 2.40 bits per heavy atom. The molecule has 0 aromatic heterocycles. The molecule has 0 unspecified atom stereocenters. The van der Waals surface area contributed by atoms with E-state index in [1.165, 1.54) is 11.1 Å². The molecule has 1 fully saturated rings. The van der Waals surface area contributed by atoms with Gasteiger partial charge in [-0.3, -0.25) is 4.99 Å². The van der Waals surface area contributed by atoms with Gasteiger partial charge in [0.25, 0.3) is 0 Å². The van der Waals surface area contributed by atoms with Crippen molar-refractivity contribution in [2.24, 2.45) is 9.98 Å². The third kappa shape index (κ3) is 4.01. The number of aliphatic imine (C=N–C) groups is 2. The summed E-state index contributed by atoms with van der Waals surface area (Å²) in [4.78, 5) is 24.7. The lowest BCUT2D eigenvalue weighted by molar-refractivity contribution is 0.175. The van der Waals surface area contributed by atoms with E-state index in [0.717, 1.165) is 40.4 Å². The number of urea groups is 1. The molecule has 156 valence electrons. The zero-order valence-corrected chi connectivity index (χ0v) is 18.8. The van der Waals surface area contributed by atoms with Crippen molar-refractivity contribution >= 4 is 34.2 Å². The van der Waals surface area contributed by atoms with Crippen LogP contribution in [0.1, 0.15) is 35.1 Å². The second kappa shape index (κ2) is 8.26. The topological polar surface area (TPSA) is 57.1 Å². The van der Waals surface area contributed by atoms with E-state index in [4.69, 9.17) is 9.98 Å². The second-order valence-corrected chi connectivity index (χ2v) is 8.89. The van der Waals surface area contributed by atoms with Crippen molar-refractivity contribution < 1.29 is 4.79 Å². The van der Waals surface area contributed by atoms with Crippen molar-refractivity contribution in [2.75, 3.05) is 24.7 Å². The fraction of sp³-hybridized carbons (Fsp3) is 0.375. The van der Waals surface area contributed by atoms with Gasteiger partial charge in [-0.05, 0) is 55.9 Å². The fourth-order valence-corrected chi connectivity index (χ4v) is 4.56. The second-order valence-electron chi connectivity index (χ2n) is 8.10. The minimum Gasteiger partial charge on any atom is -0.324 e. The first-order valence-corrected chi connectivity index (χ1v) is 11.6. The fourth-order valence-electron chi connectivity index (χ4n) is 3.94. The quantitative estimate of drug-likeness (QED) is 0.726. The number of nitrogens with one attached hydrogen (secondary N) is 1. The predicted molar refractivity (Wildman–Crippen MR) is 127 cm³/mol. The molecule has 2 aliphatic heterocycles. The van der Waals surface area contributed by atoms with Crippen LogP contribution in [0.2, 0.25) is 0 Å². The van der Waals surface area contributed by atoms with Crippen LogP contribution in [-0.4, -0.2) is 46.7 Å². The van der Waals surface area contributed by atoms with Gasteiger partial charge < -0.3 is 10.2 Å². The molecular weight excluding hydrogens is 392 g/mol. The maximum Gasteiger partial charge on any atom is 0.321 e. The van der Waals surface area contributed by atoms with Crippen molar-refractivity contribution in [1.82, 2.24) is 4.90 Å². The highest BCUT2D eigenvalue weighted by molar-refractivity contribution is 8.15. The maximum absolute atomic E-state index is 12.7. The number of nitrogens with zero attached hydrogens (tertiary/aromatic N) is 3. The van der Waals surface area contributed by atoms with Crippen LogP contribution in [0.4, 0.5) is 10.5 Å². The molecule has 0 aliphatic carbocycles. The number of anilines is 1. The van der Waals surface area contributed by atoms with E-state index in [2.05, 4.69) is 43.6 Å². The Bertz CT molecular complexity index is 1040. The molecular formula is C24H28N4OS. The van der Waals surface area contributed by atoms with E-state index in [-0.39, 0.29) is 6.03 Å². The van der Waals surface area contributed by atoms with E-state index < -0.39 is 5.66 Å². The molecule has 1 saturated heterocycles. The van der Waals surface area contributed by atoms with Crippen LogP contribution in [-0.2, 0) is 0 Å². The van der Waals surface area contributed by atoms with E-state index >= 15 is 0 Å². The number of carbonyl (C=O) groups is 1. The zero-order chi connectivity index (χ0) is 21.3. The lowest BCUT2D eigenvalue weighted by Gasteiger charge is -2.35. The van der Waals surface area contributed by atoms with Crippen LogP contribution >= 0.6 is 11.8 Å². The van der Waals surface area contributed by atoms with Gasteiger partial charge in [-0.15, -0.1) is 11.8 Å². The first-order chi connectivity index (χ1) is 14.4. The lowest BCUT2D eigenvalue weighted by atomic mass is 9.98. The Hall–Kier alpha value is -2.60. The van der Waals surface area contributed by atoms with Crippen molar-refractivity contribution in [2.45, 2.75) is 39.3 Å². The molecule has 2 heterocycles. The summed E-state index contributed by atoms with van der Waals surface area (Å²) >= 11 is 1.65. The number of likely N-dealkylation sites (tertiary alicyclic amines) is 1. The van der Waals surface area contributed by atoms with Gasteiger partial charge in [-0.1, -0.05) is 30.3 Å². The molecule has 5 nitrogen and oxygen atoms in total. The number of carbonyl (C=O) groups excluding carboxylic acids is 1. The number of rotatable bonds is 2. The third-order valence-electron chi connectivity index (χ3n) is 6.04. The molecule has 6 heteroatoms. The number of thioether (sulfide) groups is 1. The number of hydrogen-bond acceptors (Lipinski definition) is 4. The summed E-state index contributed by atoms with van der Waals surface area (Å²) in [5.41, 5.74) is 6.15. The highest BCUT2D eigenvalue weighted by Gasteiger charge is 2.40. The summed E-state index contributed by atoms with van der Waals surface area (Å²) < 4.78 is 0. The number of aryl methyl sites for hydroxylation is 3. The Balaban J connectivity index is 1.48. The molecule has 0 bridgehead atoms. The highest BCUT2D eigenvalue weighted by Crippen LogP contribution is 2.35. The molecule has 0 radical (unpaired) electrons. The lowest BCUT2D eigenvalue weighted by Crippen LogP contribution is -2.46. The van der Waals surface area contributed by atoms with E-state index in [9.17, 15) is 4.79 Å². The van der Waals surface area contributed by atoms with Gasteiger partial charge in [-0.2, -0.15) is 0 Å². The molecule has 2 aromatic rings. The Morgan fingerprint density at radius 1 is 1.00 bits per heavy atom. The normalized spacial score (nSPS) is 17.7. The first kappa shape index (κ1) is 20.7. The minimum absolute atomic E-state index is 0.0513. The van der Waals surface area contributed by atoms with Crippen LogP contribution in [0.3, 0.4) is 0 Å². The minimum atomic E-state index is -0.439. The SMILES string of the molecule is CSC1=NC2(CCN(C(=O)Nc3ccccc3C)CC2)N=C1c1ccc(C)c(C)c1. The van der Waals surface area contributed by atoms with Crippen molar-refractivity contribution in [3.05, 3.63) is 64.7 Å². The number of hydrogen-bond donors (Lipinski definition) is 1. The third-order valence-corrected chi connectivity index (χ3v) is 6.72. The van der Waals surface area contributed by atoms with Gasteiger partial charge in [0.2, 0.25) is 0 Å². The summed E-state index contributed by atoms with van der Waals surface area (Å²) in [6.07, 6.45) is 3.54. The summed E-state index contributed by atoms with van der Waals surface area (Å²) in [5.74, 6) is 0. The van der Waals surface area contributed by atoms with Gasteiger partial charge in [0.15, 0.2) is 5.66 Å². The largest absolute Gasteiger partial charge is 0.324 e. The van der Waals surface area contributed by atoms with Gasteiger partial charge in [0, 0.05) is 37.2 Å². The van der Waals surface area contributed by atoms with Crippen LogP contribution < -0.4 is 5.32 Å². The summed E-state index contributed by atoms with van der Waals surface area (Å²) in [6, 6.07) is 14.3. The summed E-state index contributed by atoms with van der Waals surface area (Å²) in [7, 11) is 0. The van der Waals surface area contributed by atoms with Crippen LogP contribution in [0.15, 0.2) is 52.4 Å². The van der Waals surface area contributed by atoms with Crippen LogP contribution in [0, 0.1) is 20.8 Å². The zero-order valence-electron chi connectivity index (χ0n) is 18.0. The first-order valence-electron chi connectivity index (χ1n) is 10.3. The average molecular weight is 421 g/mol. The average Bonchev–Trinajstić information content (AvgIpc) is 3.10. The van der Waals surface area contributed by atoms with E-state index in [0.29, 0.717) is 13.1 Å². The number of benzene rings is 2. The van der Waals surface area contributed by atoms with Gasteiger partial charge in [0.1, 0.15) is 5.04 Å². The van der Waals surface area contributed by atoms with Crippen molar-refractivity contribution in [3.63, 3.8) is 0 Å². The molecule has 2 aromatic carbocycles. The maximum atomic E-state index is 12.7. The van der Waals surface area contributed by atoms with E-state index in [1.54, 1.807) is 11.8 Å². The Labute approximate surface area is 182 Å². The molecule has 1 N–H and O–H groups in total. The van der Waals surface area contributed by atoms with Crippen LogP contribution in [0.25, 0.3) is 0 Å². The number of piperidine rings is 1.